The number of benzene rings is 1. The van der Waals surface area contributed by atoms with Crippen molar-refractivity contribution in [2.24, 2.45) is 5.73 Å². The molecule has 0 saturated carbocycles. The molecule has 1 amide bonds. The van der Waals surface area contributed by atoms with Gasteiger partial charge in [-0.15, -0.1) is 0 Å². The number of hydrogen-bond donors (Lipinski definition) is 2. The van der Waals surface area contributed by atoms with Gasteiger partial charge in [-0.25, -0.2) is 0 Å². The fourth-order valence-electron chi connectivity index (χ4n) is 2.34. The van der Waals surface area contributed by atoms with E-state index < -0.39 is 0 Å². The van der Waals surface area contributed by atoms with Crippen LogP contribution in [0.25, 0.3) is 11.0 Å². The summed E-state index contributed by atoms with van der Waals surface area (Å²) in [4.78, 5) is 12.3. The number of rotatable bonds is 5. The first-order valence-corrected chi connectivity index (χ1v) is 7.06. The van der Waals surface area contributed by atoms with Crippen molar-refractivity contribution in [3.63, 3.8) is 0 Å². The number of amides is 1. The Morgan fingerprint density at radius 1 is 1.30 bits per heavy atom. The number of aryl methyl sites for hydroxylation is 1. The molecule has 0 saturated heterocycles. The summed E-state index contributed by atoms with van der Waals surface area (Å²) >= 11 is 0. The smallest absolute Gasteiger partial charge is 0.287 e. The summed E-state index contributed by atoms with van der Waals surface area (Å²) in [5, 5.41) is 3.96. The highest BCUT2D eigenvalue weighted by atomic mass is 16.3. The van der Waals surface area contributed by atoms with E-state index in [1.54, 1.807) is 6.07 Å². The van der Waals surface area contributed by atoms with Crippen molar-refractivity contribution < 1.29 is 9.21 Å². The molecule has 1 aromatic carbocycles. The largest absolute Gasteiger partial charge is 0.451 e. The van der Waals surface area contributed by atoms with Crippen LogP contribution >= 0.6 is 0 Å². The van der Waals surface area contributed by atoms with Gasteiger partial charge in [0.1, 0.15) is 5.58 Å². The Labute approximate surface area is 119 Å². The first kappa shape index (κ1) is 14.6. The van der Waals surface area contributed by atoms with E-state index in [-0.39, 0.29) is 11.4 Å². The molecule has 1 heterocycles. The lowest BCUT2D eigenvalue weighted by Gasteiger charge is -2.30. The second kappa shape index (κ2) is 5.67. The molecule has 0 aliphatic carbocycles. The molecule has 0 radical (unpaired) electrons. The summed E-state index contributed by atoms with van der Waals surface area (Å²) in [6.07, 6.45) is 1.59. The third-order valence-corrected chi connectivity index (χ3v) is 4.02. The van der Waals surface area contributed by atoms with Crippen LogP contribution in [-0.2, 0) is 0 Å². The zero-order valence-corrected chi connectivity index (χ0v) is 12.3. The Kier molecular flexibility index (Phi) is 4.14. The quantitative estimate of drug-likeness (QED) is 0.880. The van der Waals surface area contributed by atoms with Crippen molar-refractivity contribution in [1.82, 2.24) is 5.32 Å². The van der Waals surface area contributed by atoms with E-state index >= 15 is 0 Å². The lowest BCUT2D eigenvalue weighted by atomic mass is 9.93. The molecule has 0 spiro atoms. The minimum Gasteiger partial charge on any atom is -0.451 e. The first-order chi connectivity index (χ1) is 9.53. The van der Waals surface area contributed by atoms with Crippen molar-refractivity contribution >= 4 is 16.9 Å². The van der Waals surface area contributed by atoms with Crippen molar-refractivity contribution in [3.8, 4) is 0 Å². The fraction of sp³-hybridized carbons (Fsp3) is 0.438. The lowest BCUT2D eigenvalue weighted by molar-refractivity contribution is 0.0869. The maximum atomic E-state index is 12.3. The number of nitrogens with two attached hydrogens (primary N) is 1. The Bertz CT molecular complexity index is 604. The van der Waals surface area contributed by atoms with E-state index in [1.807, 2.05) is 39.0 Å². The molecular formula is C16H22N2O2. The minimum absolute atomic E-state index is 0.201. The molecule has 0 aliphatic heterocycles. The zero-order valence-electron chi connectivity index (χ0n) is 12.3. The number of carbonyl (C=O) groups is 1. The second-order valence-corrected chi connectivity index (χ2v) is 5.30. The van der Waals surface area contributed by atoms with Crippen LogP contribution in [0.5, 0.6) is 0 Å². The van der Waals surface area contributed by atoms with Crippen molar-refractivity contribution in [2.45, 2.75) is 39.2 Å². The maximum Gasteiger partial charge on any atom is 0.287 e. The van der Waals surface area contributed by atoms with Gasteiger partial charge in [0.05, 0.1) is 5.54 Å². The summed E-state index contributed by atoms with van der Waals surface area (Å²) in [5.74, 6) is 0.137. The molecule has 2 rings (SSSR count). The molecule has 20 heavy (non-hydrogen) atoms. The van der Waals surface area contributed by atoms with E-state index in [4.69, 9.17) is 10.2 Å². The maximum absolute atomic E-state index is 12.3. The molecule has 0 fully saturated rings. The molecule has 0 bridgehead atoms. The minimum atomic E-state index is -0.355. The SMILES string of the molecule is CCC(CC)(CN)NC(=O)c1cc2cc(C)ccc2o1. The fourth-order valence-corrected chi connectivity index (χ4v) is 2.34. The predicted molar refractivity (Wildman–Crippen MR) is 80.8 cm³/mol. The average molecular weight is 274 g/mol. The van der Waals surface area contributed by atoms with Crippen LogP contribution in [0.1, 0.15) is 42.8 Å². The molecule has 0 aliphatic rings. The summed E-state index contributed by atoms with van der Waals surface area (Å²) in [6.45, 7) is 6.49. The van der Waals surface area contributed by atoms with Crippen LogP contribution in [0.2, 0.25) is 0 Å². The normalized spacial score (nSPS) is 11.8. The Hall–Kier alpha value is -1.81. The molecule has 4 heteroatoms. The third-order valence-electron chi connectivity index (χ3n) is 4.02. The number of nitrogens with one attached hydrogen (secondary N) is 1. The van der Waals surface area contributed by atoms with Crippen molar-refractivity contribution in [1.29, 1.82) is 0 Å². The van der Waals surface area contributed by atoms with Crippen LogP contribution in [0.3, 0.4) is 0 Å². The van der Waals surface area contributed by atoms with Gasteiger partial charge in [0.25, 0.3) is 5.91 Å². The van der Waals surface area contributed by atoms with Crippen molar-refractivity contribution in [2.75, 3.05) is 6.54 Å². The summed E-state index contributed by atoms with van der Waals surface area (Å²) in [5.41, 5.74) is 7.32. The van der Waals surface area contributed by atoms with Gasteiger partial charge in [0.15, 0.2) is 5.76 Å². The second-order valence-electron chi connectivity index (χ2n) is 5.30. The molecule has 2 aromatic rings. The number of hydrogen-bond acceptors (Lipinski definition) is 3. The van der Waals surface area contributed by atoms with Gasteiger partial charge in [-0.2, -0.15) is 0 Å². The molecule has 0 unspecified atom stereocenters. The molecule has 0 atom stereocenters. The highest BCUT2D eigenvalue weighted by Crippen LogP contribution is 2.22. The van der Waals surface area contributed by atoms with Crippen LogP contribution in [0.4, 0.5) is 0 Å². The molecule has 3 N–H and O–H groups in total. The lowest BCUT2D eigenvalue weighted by Crippen LogP contribution is -2.52. The number of carbonyl (C=O) groups excluding carboxylic acids is 1. The number of fused-ring (bicyclic) bond motifs is 1. The summed E-state index contributed by atoms with van der Waals surface area (Å²) < 4.78 is 5.61. The van der Waals surface area contributed by atoms with Gasteiger partial charge < -0.3 is 15.5 Å². The molecular weight excluding hydrogens is 252 g/mol. The van der Waals surface area contributed by atoms with Gasteiger partial charge in [-0.1, -0.05) is 25.5 Å². The van der Waals surface area contributed by atoms with Crippen molar-refractivity contribution in [3.05, 3.63) is 35.6 Å². The van der Waals surface area contributed by atoms with Crippen LogP contribution < -0.4 is 11.1 Å². The third kappa shape index (κ3) is 2.70. The monoisotopic (exact) mass is 274 g/mol. The van der Waals surface area contributed by atoms with E-state index in [1.165, 1.54) is 0 Å². The van der Waals surface area contributed by atoms with Gasteiger partial charge in [-0.05, 0) is 38.0 Å². The molecule has 1 aromatic heterocycles. The van der Waals surface area contributed by atoms with Gasteiger partial charge in [-0.3, -0.25) is 4.79 Å². The zero-order chi connectivity index (χ0) is 14.8. The topological polar surface area (TPSA) is 68.3 Å². The van der Waals surface area contributed by atoms with E-state index in [2.05, 4.69) is 5.32 Å². The first-order valence-electron chi connectivity index (χ1n) is 7.06. The van der Waals surface area contributed by atoms with E-state index in [0.29, 0.717) is 12.3 Å². The molecule has 4 nitrogen and oxygen atoms in total. The van der Waals surface area contributed by atoms with Gasteiger partial charge in [0, 0.05) is 11.9 Å². The summed E-state index contributed by atoms with van der Waals surface area (Å²) in [7, 11) is 0. The highest BCUT2D eigenvalue weighted by molar-refractivity contribution is 5.96. The van der Waals surface area contributed by atoms with E-state index in [9.17, 15) is 4.79 Å². The highest BCUT2D eigenvalue weighted by Gasteiger charge is 2.28. The predicted octanol–water partition coefficient (Wildman–Crippen LogP) is 2.99. The van der Waals surface area contributed by atoms with Gasteiger partial charge >= 0.3 is 0 Å². The van der Waals surface area contributed by atoms with Gasteiger partial charge in [0.2, 0.25) is 0 Å². The van der Waals surface area contributed by atoms with Crippen LogP contribution in [-0.4, -0.2) is 18.0 Å². The van der Waals surface area contributed by atoms with Crippen LogP contribution in [0.15, 0.2) is 28.7 Å². The number of furan rings is 1. The molecule has 108 valence electrons. The van der Waals surface area contributed by atoms with Crippen LogP contribution in [0, 0.1) is 6.92 Å². The average Bonchev–Trinajstić information content (AvgIpc) is 2.88. The summed E-state index contributed by atoms with van der Waals surface area (Å²) in [6, 6.07) is 7.64. The Morgan fingerprint density at radius 3 is 2.60 bits per heavy atom. The standard InChI is InChI=1S/C16H22N2O2/c1-4-16(5-2,10-17)18-15(19)14-9-12-8-11(3)6-7-13(12)20-14/h6-9H,4-5,10,17H2,1-3H3,(H,18,19). The Balaban J connectivity index is 2.27. The van der Waals surface area contributed by atoms with E-state index in [0.717, 1.165) is 29.4 Å². The Morgan fingerprint density at radius 2 is 2.00 bits per heavy atom.